The maximum atomic E-state index is 13.0. The average Bonchev–Trinajstić information content (AvgIpc) is 2.82. The Morgan fingerprint density at radius 2 is 1.54 bits per heavy atom. The van der Waals surface area contributed by atoms with Crippen molar-refractivity contribution in [1.82, 2.24) is 9.80 Å². The lowest BCUT2D eigenvalue weighted by molar-refractivity contribution is 0.247. The van der Waals surface area contributed by atoms with E-state index in [0.717, 1.165) is 56.8 Å². The summed E-state index contributed by atoms with van der Waals surface area (Å²) in [6.45, 7) is 5.91. The van der Waals surface area contributed by atoms with Crippen LogP contribution in [0, 0.1) is 17.1 Å². The fourth-order valence-corrected chi connectivity index (χ4v) is 3.19. The lowest BCUT2D eigenvalue weighted by atomic mass is 10.1. The topological polar surface area (TPSA) is 30.3 Å². The van der Waals surface area contributed by atoms with Gasteiger partial charge in [-0.1, -0.05) is 24.3 Å². The molecule has 124 valence electrons. The van der Waals surface area contributed by atoms with Crippen molar-refractivity contribution in [2.75, 3.05) is 26.2 Å². The molecule has 0 bridgehead atoms. The summed E-state index contributed by atoms with van der Waals surface area (Å²) in [6, 6.07) is 16.8. The van der Waals surface area contributed by atoms with E-state index in [0.29, 0.717) is 0 Å². The van der Waals surface area contributed by atoms with Crippen LogP contribution in [0.4, 0.5) is 4.39 Å². The van der Waals surface area contributed by atoms with Gasteiger partial charge in [0, 0.05) is 26.2 Å². The Labute approximate surface area is 142 Å². The molecule has 0 radical (unpaired) electrons. The molecule has 1 saturated heterocycles. The van der Waals surface area contributed by atoms with Gasteiger partial charge in [0.15, 0.2) is 0 Å². The molecule has 3 rings (SSSR count). The van der Waals surface area contributed by atoms with Crippen molar-refractivity contribution in [2.45, 2.75) is 19.5 Å². The lowest BCUT2D eigenvalue weighted by Crippen LogP contribution is -2.30. The van der Waals surface area contributed by atoms with E-state index in [4.69, 9.17) is 5.26 Å². The van der Waals surface area contributed by atoms with Gasteiger partial charge in [-0.05, 0) is 54.9 Å². The lowest BCUT2D eigenvalue weighted by Gasteiger charge is -2.22. The molecule has 3 nitrogen and oxygen atoms in total. The molecule has 0 amide bonds. The first kappa shape index (κ1) is 16.6. The van der Waals surface area contributed by atoms with Crippen LogP contribution in [0.5, 0.6) is 0 Å². The van der Waals surface area contributed by atoms with Crippen molar-refractivity contribution in [3.63, 3.8) is 0 Å². The number of benzene rings is 2. The van der Waals surface area contributed by atoms with E-state index in [9.17, 15) is 4.39 Å². The molecule has 0 aliphatic carbocycles. The molecule has 0 aromatic heterocycles. The van der Waals surface area contributed by atoms with Gasteiger partial charge in [-0.2, -0.15) is 5.26 Å². The fraction of sp³-hybridized carbons (Fsp3) is 0.350. The van der Waals surface area contributed by atoms with Crippen LogP contribution in [-0.4, -0.2) is 36.0 Å². The van der Waals surface area contributed by atoms with Gasteiger partial charge in [-0.15, -0.1) is 0 Å². The first-order chi connectivity index (χ1) is 11.7. The monoisotopic (exact) mass is 323 g/mol. The minimum Gasteiger partial charge on any atom is -0.298 e. The first-order valence-electron chi connectivity index (χ1n) is 8.41. The molecule has 0 saturated carbocycles. The summed E-state index contributed by atoms with van der Waals surface area (Å²) in [7, 11) is 0. The quantitative estimate of drug-likeness (QED) is 0.864. The standard InChI is InChI=1S/C20H22FN3/c21-20-7-5-17(6-8-20)15-23-9-2-10-24(12-11-23)16-19-4-1-3-18(13-19)14-22/h1,3-8,13H,2,9-12,15-16H2. The number of nitrogens with zero attached hydrogens (tertiary/aromatic N) is 3. The number of rotatable bonds is 4. The van der Waals surface area contributed by atoms with Gasteiger partial charge in [0.2, 0.25) is 0 Å². The van der Waals surface area contributed by atoms with E-state index in [1.165, 1.54) is 17.7 Å². The predicted octanol–water partition coefficient (Wildman–Crippen LogP) is 3.41. The van der Waals surface area contributed by atoms with E-state index in [1.807, 2.05) is 30.3 Å². The van der Waals surface area contributed by atoms with Crippen LogP contribution in [0.3, 0.4) is 0 Å². The molecule has 2 aromatic rings. The van der Waals surface area contributed by atoms with Crippen LogP contribution in [0.15, 0.2) is 48.5 Å². The summed E-state index contributed by atoms with van der Waals surface area (Å²) in [4.78, 5) is 4.88. The van der Waals surface area contributed by atoms with E-state index < -0.39 is 0 Å². The number of hydrogen-bond acceptors (Lipinski definition) is 3. The summed E-state index contributed by atoms with van der Waals surface area (Å²) in [6.07, 6.45) is 1.12. The largest absolute Gasteiger partial charge is 0.298 e. The second kappa shape index (κ2) is 8.05. The van der Waals surface area contributed by atoms with Crippen LogP contribution >= 0.6 is 0 Å². The van der Waals surface area contributed by atoms with E-state index in [2.05, 4.69) is 21.9 Å². The van der Waals surface area contributed by atoms with Crippen LogP contribution in [0.1, 0.15) is 23.1 Å². The summed E-state index contributed by atoms with van der Waals surface area (Å²) in [5.41, 5.74) is 3.08. The highest BCUT2D eigenvalue weighted by molar-refractivity contribution is 5.32. The second-order valence-corrected chi connectivity index (χ2v) is 6.34. The summed E-state index contributed by atoms with van der Waals surface area (Å²) >= 11 is 0. The Balaban J connectivity index is 1.54. The average molecular weight is 323 g/mol. The normalized spacial score (nSPS) is 16.5. The zero-order chi connectivity index (χ0) is 16.8. The van der Waals surface area contributed by atoms with Gasteiger partial charge in [0.05, 0.1) is 11.6 Å². The number of nitriles is 1. The SMILES string of the molecule is N#Cc1cccc(CN2CCCN(Cc3ccc(F)cc3)CC2)c1. The number of hydrogen-bond donors (Lipinski definition) is 0. The zero-order valence-corrected chi connectivity index (χ0v) is 13.8. The third-order valence-electron chi connectivity index (χ3n) is 4.46. The Morgan fingerprint density at radius 3 is 2.21 bits per heavy atom. The van der Waals surface area contributed by atoms with Gasteiger partial charge < -0.3 is 0 Å². The summed E-state index contributed by atoms with van der Waals surface area (Å²) in [5.74, 6) is -0.180. The van der Waals surface area contributed by atoms with Crippen LogP contribution < -0.4 is 0 Å². The molecule has 1 fully saturated rings. The fourth-order valence-electron chi connectivity index (χ4n) is 3.19. The molecule has 0 N–H and O–H groups in total. The Hall–Kier alpha value is -2.22. The van der Waals surface area contributed by atoms with E-state index >= 15 is 0 Å². The van der Waals surface area contributed by atoms with Crippen molar-refractivity contribution in [3.8, 4) is 6.07 Å². The van der Waals surface area contributed by atoms with Gasteiger partial charge in [-0.25, -0.2) is 4.39 Å². The van der Waals surface area contributed by atoms with Crippen LogP contribution in [-0.2, 0) is 13.1 Å². The van der Waals surface area contributed by atoms with Crippen molar-refractivity contribution in [1.29, 1.82) is 5.26 Å². The molecular formula is C20H22FN3. The van der Waals surface area contributed by atoms with Gasteiger partial charge >= 0.3 is 0 Å². The van der Waals surface area contributed by atoms with Crippen LogP contribution in [0.2, 0.25) is 0 Å². The minimum atomic E-state index is -0.180. The third kappa shape index (κ3) is 4.64. The van der Waals surface area contributed by atoms with Crippen LogP contribution in [0.25, 0.3) is 0 Å². The highest BCUT2D eigenvalue weighted by Gasteiger charge is 2.15. The van der Waals surface area contributed by atoms with Crippen molar-refractivity contribution in [3.05, 3.63) is 71.0 Å². The van der Waals surface area contributed by atoms with Crippen molar-refractivity contribution < 1.29 is 4.39 Å². The molecular weight excluding hydrogens is 301 g/mol. The highest BCUT2D eigenvalue weighted by atomic mass is 19.1. The molecule has 0 spiro atoms. The molecule has 2 aromatic carbocycles. The highest BCUT2D eigenvalue weighted by Crippen LogP contribution is 2.13. The van der Waals surface area contributed by atoms with E-state index in [-0.39, 0.29) is 5.82 Å². The maximum Gasteiger partial charge on any atom is 0.123 e. The molecule has 0 unspecified atom stereocenters. The molecule has 1 aliphatic rings. The first-order valence-corrected chi connectivity index (χ1v) is 8.41. The minimum absolute atomic E-state index is 0.180. The third-order valence-corrected chi connectivity index (χ3v) is 4.46. The van der Waals surface area contributed by atoms with E-state index in [1.54, 1.807) is 0 Å². The van der Waals surface area contributed by atoms with Gasteiger partial charge in [0.1, 0.15) is 5.82 Å². The zero-order valence-electron chi connectivity index (χ0n) is 13.8. The molecule has 1 aliphatic heterocycles. The summed E-state index contributed by atoms with van der Waals surface area (Å²) in [5, 5.41) is 9.01. The Bertz CT molecular complexity index is 706. The molecule has 4 heteroatoms. The number of halogens is 1. The smallest absolute Gasteiger partial charge is 0.123 e. The van der Waals surface area contributed by atoms with Gasteiger partial charge in [0.25, 0.3) is 0 Å². The Kier molecular flexibility index (Phi) is 5.58. The van der Waals surface area contributed by atoms with Gasteiger partial charge in [-0.3, -0.25) is 9.80 Å². The van der Waals surface area contributed by atoms with Crippen molar-refractivity contribution >= 4 is 0 Å². The molecule has 1 heterocycles. The molecule has 0 atom stereocenters. The predicted molar refractivity (Wildman–Crippen MR) is 92.7 cm³/mol. The summed E-state index contributed by atoms with van der Waals surface area (Å²) < 4.78 is 13.0. The molecule has 24 heavy (non-hydrogen) atoms. The Morgan fingerprint density at radius 1 is 0.875 bits per heavy atom. The maximum absolute atomic E-state index is 13.0. The second-order valence-electron chi connectivity index (χ2n) is 6.34. The van der Waals surface area contributed by atoms with Crippen molar-refractivity contribution in [2.24, 2.45) is 0 Å².